The molecule has 0 radical (unpaired) electrons. The van der Waals surface area contributed by atoms with E-state index in [2.05, 4.69) is 126 Å². The van der Waals surface area contributed by atoms with Crippen LogP contribution in [-0.2, 0) is 6.42 Å². The van der Waals surface area contributed by atoms with Gasteiger partial charge in [-0.1, -0.05) is 107 Å². The van der Waals surface area contributed by atoms with Crippen LogP contribution in [0.25, 0.3) is 11.1 Å². The average molecular weight is 407 g/mol. The van der Waals surface area contributed by atoms with Crippen LogP contribution in [0.4, 0.5) is 0 Å². The highest BCUT2D eigenvalue weighted by Crippen LogP contribution is 2.24. The molecule has 4 aromatic carbocycles. The molecule has 0 nitrogen and oxygen atoms in total. The zero-order valence-corrected chi connectivity index (χ0v) is 19.8. The normalized spacial score (nSPS) is 10.4. The van der Waals surface area contributed by atoms with E-state index < -0.39 is 0 Å². The average Bonchev–Trinajstić information content (AvgIpc) is 2.73. The van der Waals surface area contributed by atoms with Gasteiger partial charge in [0.2, 0.25) is 0 Å². The Bertz CT molecular complexity index is 1130. The van der Waals surface area contributed by atoms with Crippen LogP contribution in [0.15, 0.2) is 84.9 Å². The summed E-state index contributed by atoms with van der Waals surface area (Å²) in [7, 11) is 0. The summed E-state index contributed by atoms with van der Waals surface area (Å²) in [4.78, 5) is 0. The Morgan fingerprint density at radius 2 is 0.935 bits per heavy atom. The molecule has 0 unspecified atom stereocenters. The second kappa shape index (κ2) is 10.3. The fourth-order valence-electron chi connectivity index (χ4n) is 3.84. The summed E-state index contributed by atoms with van der Waals surface area (Å²) in [6, 6.07) is 30.8. The Balaban J connectivity index is 0.000000176. The molecule has 158 valence electrons. The molecule has 0 aliphatic heterocycles. The molecule has 4 rings (SSSR count). The third kappa shape index (κ3) is 6.43. The lowest BCUT2D eigenvalue weighted by Crippen LogP contribution is -1.92. The maximum atomic E-state index is 2.25. The summed E-state index contributed by atoms with van der Waals surface area (Å²) in [5.74, 6) is 0. The first kappa shape index (κ1) is 22.6. The minimum absolute atomic E-state index is 1.03. The highest BCUT2D eigenvalue weighted by molar-refractivity contribution is 5.67. The third-order valence-electron chi connectivity index (χ3n) is 5.76. The van der Waals surface area contributed by atoms with E-state index in [1.54, 1.807) is 0 Å². The fourth-order valence-corrected chi connectivity index (χ4v) is 3.84. The summed E-state index contributed by atoms with van der Waals surface area (Å²) in [6.07, 6.45) is 1.03. The lowest BCUT2D eigenvalue weighted by Gasteiger charge is -2.07. The molecule has 0 saturated carbocycles. The number of aryl methyl sites for hydroxylation is 6. The van der Waals surface area contributed by atoms with Crippen LogP contribution >= 0.6 is 0 Å². The van der Waals surface area contributed by atoms with E-state index in [1.165, 1.54) is 55.6 Å². The summed E-state index contributed by atoms with van der Waals surface area (Å²) in [5.41, 5.74) is 13.5. The van der Waals surface area contributed by atoms with E-state index in [4.69, 9.17) is 0 Å². The molecule has 0 atom stereocenters. The number of benzene rings is 4. The second-order valence-corrected chi connectivity index (χ2v) is 8.78. The molecule has 0 bridgehead atoms. The Kier molecular flexibility index (Phi) is 7.47. The zero-order chi connectivity index (χ0) is 22.4. The Hall–Kier alpha value is -3.12. The van der Waals surface area contributed by atoms with Gasteiger partial charge in [0, 0.05) is 0 Å². The molecule has 0 spiro atoms. The van der Waals surface area contributed by atoms with Crippen molar-refractivity contribution in [2.45, 2.75) is 48.0 Å². The first-order valence-corrected chi connectivity index (χ1v) is 11.1. The third-order valence-corrected chi connectivity index (χ3v) is 5.76. The number of rotatable bonds is 3. The van der Waals surface area contributed by atoms with E-state index in [9.17, 15) is 0 Å². The van der Waals surface area contributed by atoms with Crippen molar-refractivity contribution in [2.24, 2.45) is 0 Å². The highest BCUT2D eigenvalue weighted by atomic mass is 14.1. The van der Waals surface area contributed by atoms with E-state index >= 15 is 0 Å². The van der Waals surface area contributed by atoms with Crippen LogP contribution in [-0.4, -0.2) is 0 Å². The van der Waals surface area contributed by atoms with Gasteiger partial charge in [0.1, 0.15) is 0 Å². The minimum Gasteiger partial charge on any atom is -0.0590 e. The van der Waals surface area contributed by atoms with Gasteiger partial charge in [-0.25, -0.2) is 0 Å². The molecule has 0 amide bonds. The van der Waals surface area contributed by atoms with E-state index in [1.807, 2.05) is 0 Å². The molecule has 0 aliphatic carbocycles. The van der Waals surface area contributed by atoms with Gasteiger partial charge in [-0.2, -0.15) is 0 Å². The molecule has 31 heavy (non-hydrogen) atoms. The molecule has 4 aromatic rings. The van der Waals surface area contributed by atoms with Gasteiger partial charge in [-0.05, 0) is 81.3 Å². The van der Waals surface area contributed by atoms with Crippen LogP contribution in [0.5, 0.6) is 0 Å². The van der Waals surface area contributed by atoms with Crippen molar-refractivity contribution >= 4 is 0 Å². The molecular weight excluding hydrogens is 372 g/mol. The van der Waals surface area contributed by atoms with Gasteiger partial charge < -0.3 is 0 Å². The van der Waals surface area contributed by atoms with Crippen LogP contribution in [0.1, 0.15) is 44.5 Å². The summed E-state index contributed by atoms with van der Waals surface area (Å²) >= 11 is 0. The maximum absolute atomic E-state index is 2.25. The molecule has 0 heteroatoms. The van der Waals surface area contributed by atoms with Gasteiger partial charge in [0.05, 0.1) is 0 Å². The van der Waals surface area contributed by atoms with Crippen molar-refractivity contribution < 1.29 is 0 Å². The van der Waals surface area contributed by atoms with Crippen molar-refractivity contribution in [1.82, 2.24) is 0 Å². The van der Waals surface area contributed by atoms with Gasteiger partial charge in [0.15, 0.2) is 0 Å². The zero-order valence-electron chi connectivity index (χ0n) is 19.8. The standard InChI is InChI=1S/C16H18.C15H16/c1-12-4-7-15(8-5-12)11-16-9-6-13(2)10-14(16)3;1-11-4-7-14(8-5-11)15-9-6-12(2)10-13(15)3/h4-10H,11H2,1-3H3;4-10H,1-3H3. The molecule has 0 aliphatic rings. The number of hydrogen-bond donors (Lipinski definition) is 0. The second-order valence-electron chi connectivity index (χ2n) is 8.78. The maximum Gasteiger partial charge on any atom is -0.00231 e. The molecule has 0 saturated heterocycles. The largest absolute Gasteiger partial charge is 0.0590 e. The first-order valence-electron chi connectivity index (χ1n) is 11.1. The highest BCUT2D eigenvalue weighted by Gasteiger charge is 2.01. The first-order chi connectivity index (χ1) is 14.8. The predicted molar refractivity (Wildman–Crippen MR) is 136 cm³/mol. The van der Waals surface area contributed by atoms with Crippen LogP contribution < -0.4 is 0 Å². The number of hydrogen-bond acceptors (Lipinski definition) is 0. The SMILES string of the molecule is Cc1ccc(-c2ccc(C)cc2C)cc1.Cc1ccc(Cc2ccc(C)cc2C)cc1. The molecule has 0 heterocycles. The fraction of sp³-hybridized carbons (Fsp3) is 0.226. The molecule has 0 aromatic heterocycles. The van der Waals surface area contributed by atoms with E-state index in [0.29, 0.717) is 0 Å². The van der Waals surface area contributed by atoms with Gasteiger partial charge in [0.25, 0.3) is 0 Å². The Morgan fingerprint density at radius 3 is 1.48 bits per heavy atom. The van der Waals surface area contributed by atoms with Gasteiger partial charge in [-0.3, -0.25) is 0 Å². The van der Waals surface area contributed by atoms with E-state index in [-0.39, 0.29) is 0 Å². The van der Waals surface area contributed by atoms with Crippen LogP contribution in [0.3, 0.4) is 0 Å². The molecule has 0 N–H and O–H groups in total. The van der Waals surface area contributed by atoms with Crippen molar-refractivity contribution in [2.75, 3.05) is 0 Å². The smallest absolute Gasteiger partial charge is 0.00231 e. The quantitative estimate of drug-likeness (QED) is 0.320. The summed E-state index contributed by atoms with van der Waals surface area (Å²) in [5, 5.41) is 0. The Morgan fingerprint density at radius 1 is 0.452 bits per heavy atom. The van der Waals surface area contributed by atoms with Crippen molar-refractivity contribution in [3.8, 4) is 11.1 Å². The lowest BCUT2D eigenvalue weighted by molar-refractivity contribution is 1.14. The van der Waals surface area contributed by atoms with Gasteiger partial charge in [-0.15, -0.1) is 0 Å². The van der Waals surface area contributed by atoms with E-state index in [0.717, 1.165) is 6.42 Å². The Labute approximate surface area is 188 Å². The monoisotopic (exact) mass is 406 g/mol. The minimum atomic E-state index is 1.03. The van der Waals surface area contributed by atoms with Crippen molar-refractivity contribution in [3.63, 3.8) is 0 Å². The van der Waals surface area contributed by atoms with Crippen molar-refractivity contribution in [1.29, 1.82) is 0 Å². The van der Waals surface area contributed by atoms with Crippen LogP contribution in [0.2, 0.25) is 0 Å². The summed E-state index contributed by atoms with van der Waals surface area (Å²) < 4.78 is 0. The molecular formula is C31H34. The predicted octanol–water partition coefficient (Wildman–Crippen LogP) is 8.48. The lowest BCUT2D eigenvalue weighted by atomic mass is 9.98. The van der Waals surface area contributed by atoms with Crippen LogP contribution in [0, 0.1) is 41.5 Å². The van der Waals surface area contributed by atoms with Gasteiger partial charge >= 0.3 is 0 Å². The summed E-state index contributed by atoms with van der Waals surface area (Å²) in [6.45, 7) is 12.9. The molecule has 0 fully saturated rings. The van der Waals surface area contributed by atoms with Crippen molar-refractivity contribution in [3.05, 3.63) is 129 Å². The topological polar surface area (TPSA) is 0 Å².